The lowest BCUT2D eigenvalue weighted by Crippen LogP contribution is -2.32. The SMILES string of the molecule is CCc1ccc(CCNc2ncnc3c2CN(c2ccc(C)cn2)CC3)cc1. The monoisotopic (exact) mass is 373 g/mol. The van der Waals surface area contributed by atoms with Crippen molar-refractivity contribution in [3.63, 3.8) is 0 Å². The highest BCUT2D eigenvalue weighted by atomic mass is 15.2. The van der Waals surface area contributed by atoms with Crippen LogP contribution in [0.3, 0.4) is 0 Å². The molecule has 0 unspecified atom stereocenters. The smallest absolute Gasteiger partial charge is 0.134 e. The molecule has 28 heavy (non-hydrogen) atoms. The zero-order valence-corrected chi connectivity index (χ0v) is 16.7. The lowest BCUT2D eigenvalue weighted by atomic mass is 10.1. The fourth-order valence-electron chi connectivity index (χ4n) is 3.60. The summed E-state index contributed by atoms with van der Waals surface area (Å²) in [7, 11) is 0. The molecule has 1 N–H and O–H groups in total. The molecule has 1 aromatic carbocycles. The van der Waals surface area contributed by atoms with E-state index >= 15 is 0 Å². The lowest BCUT2D eigenvalue weighted by Gasteiger charge is -2.30. The normalized spacial score (nSPS) is 13.3. The predicted molar refractivity (Wildman–Crippen MR) is 114 cm³/mol. The van der Waals surface area contributed by atoms with Crippen molar-refractivity contribution in [3.8, 4) is 0 Å². The van der Waals surface area contributed by atoms with Crippen molar-refractivity contribution >= 4 is 11.6 Å². The van der Waals surface area contributed by atoms with Crippen LogP contribution in [0.5, 0.6) is 0 Å². The van der Waals surface area contributed by atoms with Crippen molar-refractivity contribution < 1.29 is 0 Å². The minimum atomic E-state index is 0.791. The number of aromatic nitrogens is 3. The first kappa shape index (κ1) is 18.4. The van der Waals surface area contributed by atoms with E-state index in [9.17, 15) is 0 Å². The van der Waals surface area contributed by atoms with Gasteiger partial charge in [0.15, 0.2) is 0 Å². The molecule has 2 aromatic heterocycles. The molecule has 144 valence electrons. The van der Waals surface area contributed by atoms with E-state index in [4.69, 9.17) is 0 Å². The van der Waals surface area contributed by atoms with Gasteiger partial charge in [-0.05, 0) is 42.5 Å². The number of aryl methyl sites for hydroxylation is 2. The summed E-state index contributed by atoms with van der Waals surface area (Å²) < 4.78 is 0. The number of nitrogens with zero attached hydrogens (tertiary/aromatic N) is 4. The molecule has 4 rings (SSSR count). The quantitative estimate of drug-likeness (QED) is 0.709. The first-order valence-electron chi connectivity index (χ1n) is 10.0. The van der Waals surface area contributed by atoms with Crippen LogP contribution in [0, 0.1) is 6.92 Å². The molecular weight excluding hydrogens is 346 g/mol. The summed E-state index contributed by atoms with van der Waals surface area (Å²) in [6.07, 6.45) is 6.58. The highest BCUT2D eigenvalue weighted by molar-refractivity contribution is 5.52. The first-order valence-corrected chi connectivity index (χ1v) is 10.0. The van der Waals surface area contributed by atoms with Crippen LogP contribution in [0.1, 0.15) is 34.9 Å². The molecule has 0 spiro atoms. The molecule has 5 nitrogen and oxygen atoms in total. The number of rotatable bonds is 6. The Morgan fingerprint density at radius 2 is 1.82 bits per heavy atom. The summed E-state index contributed by atoms with van der Waals surface area (Å²) in [5.74, 6) is 1.97. The minimum absolute atomic E-state index is 0.791. The van der Waals surface area contributed by atoms with E-state index in [1.54, 1.807) is 6.33 Å². The summed E-state index contributed by atoms with van der Waals surface area (Å²) >= 11 is 0. The summed E-state index contributed by atoms with van der Waals surface area (Å²) in [4.78, 5) is 15.9. The third kappa shape index (κ3) is 4.14. The maximum atomic E-state index is 4.59. The Bertz CT molecular complexity index is 919. The van der Waals surface area contributed by atoms with Gasteiger partial charge < -0.3 is 10.2 Å². The van der Waals surface area contributed by atoms with E-state index in [0.29, 0.717) is 0 Å². The fraction of sp³-hybridized carbons (Fsp3) is 0.348. The van der Waals surface area contributed by atoms with Crippen LogP contribution in [0.15, 0.2) is 48.9 Å². The standard InChI is InChI=1S/C23H27N5/c1-3-18-5-7-19(8-6-18)10-12-24-23-20-15-28(13-11-21(20)26-16-27-23)22-9-4-17(2)14-25-22/h4-9,14,16H,3,10-13,15H2,1-2H3,(H,24,26,27). The van der Waals surface area contributed by atoms with Gasteiger partial charge in [-0.2, -0.15) is 0 Å². The summed E-state index contributed by atoms with van der Waals surface area (Å²) in [5, 5.41) is 3.53. The molecule has 0 saturated heterocycles. The second-order valence-corrected chi connectivity index (χ2v) is 7.36. The molecule has 3 heterocycles. The maximum absolute atomic E-state index is 4.59. The molecule has 0 radical (unpaired) electrons. The Balaban J connectivity index is 1.43. The second-order valence-electron chi connectivity index (χ2n) is 7.36. The second kappa shape index (κ2) is 8.38. The lowest BCUT2D eigenvalue weighted by molar-refractivity contribution is 0.697. The Morgan fingerprint density at radius 1 is 1.00 bits per heavy atom. The number of anilines is 2. The average Bonchev–Trinajstić information content (AvgIpc) is 2.74. The zero-order chi connectivity index (χ0) is 19.3. The Labute approximate surface area is 166 Å². The van der Waals surface area contributed by atoms with Crippen LogP contribution < -0.4 is 10.2 Å². The molecule has 1 aliphatic heterocycles. The van der Waals surface area contributed by atoms with Gasteiger partial charge in [-0.25, -0.2) is 15.0 Å². The van der Waals surface area contributed by atoms with Gasteiger partial charge in [0.1, 0.15) is 18.0 Å². The molecule has 1 aliphatic rings. The van der Waals surface area contributed by atoms with E-state index in [0.717, 1.165) is 56.2 Å². The van der Waals surface area contributed by atoms with E-state index in [2.05, 4.69) is 75.4 Å². The van der Waals surface area contributed by atoms with Crippen molar-refractivity contribution in [3.05, 3.63) is 76.9 Å². The highest BCUT2D eigenvalue weighted by Crippen LogP contribution is 2.26. The molecule has 5 heteroatoms. The Kier molecular flexibility index (Phi) is 5.51. The van der Waals surface area contributed by atoms with Crippen molar-refractivity contribution in [2.24, 2.45) is 0 Å². The number of benzene rings is 1. The molecule has 0 saturated carbocycles. The molecular formula is C23H27N5. The molecule has 0 aliphatic carbocycles. The van der Waals surface area contributed by atoms with E-state index in [1.807, 2.05) is 6.20 Å². The van der Waals surface area contributed by atoms with E-state index in [1.165, 1.54) is 22.3 Å². The number of fused-ring (bicyclic) bond motifs is 1. The maximum Gasteiger partial charge on any atom is 0.134 e. The summed E-state index contributed by atoms with van der Waals surface area (Å²) in [6.45, 7) is 6.83. The van der Waals surface area contributed by atoms with Crippen LogP contribution in [0.25, 0.3) is 0 Å². The van der Waals surface area contributed by atoms with Crippen molar-refractivity contribution in [2.45, 2.75) is 39.7 Å². The fourth-order valence-corrected chi connectivity index (χ4v) is 3.60. The molecule has 0 atom stereocenters. The van der Waals surface area contributed by atoms with Gasteiger partial charge in [-0.15, -0.1) is 0 Å². The number of pyridine rings is 1. The van der Waals surface area contributed by atoms with Gasteiger partial charge in [0.05, 0.1) is 5.69 Å². The van der Waals surface area contributed by atoms with Gasteiger partial charge in [0.25, 0.3) is 0 Å². The predicted octanol–water partition coefficient (Wildman–Crippen LogP) is 3.96. The van der Waals surface area contributed by atoms with Gasteiger partial charge in [0, 0.05) is 37.8 Å². The highest BCUT2D eigenvalue weighted by Gasteiger charge is 2.21. The number of hydrogen-bond donors (Lipinski definition) is 1. The van der Waals surface area contributed by atoms with Crippen molar-refractivity contribution in [2.75, 3.05) is 23.3 Å². The topological polar surface area (TPSA) is 53.9 Å². The van der Waals surface area contributed by atoms with Crippen LogP contribution in [-0.2, 0) is 25.8 Å². The minimum Gasteiger partial charge on any atom is -0.369 e. The van der Waals surface area contributed by atoms with Crippen LogP contribution >= 0.6 is 0 Å². The van der Waals surface area contributed by atoms with Crippen LogP contribution in [0.2, 0.25) is 0 Å². The van der Waals surface area contributed by atoms with Crippen LogP contribution in [0.4, 0.5) is 11.6 Å². The van der Waals surface area contributed by atoms with E-state index < -0.39 is 0 Å². The molecule has 3 aromatic rings. The Morgan fingerprint density at radius 3 is 2.57 bits per heavy atom. The zero-order valence-electron chi connectivity index (χ0n) is 16.7. The molecule has 0 fully saturated rings. The largest absolute Gasteiger partial charge is 0.369 e. The number of nitrogens with one attached hydrogen (secondary N) is 1. The van der Waals surface area contributed by atoms with Gasteiger partial charge in [0.2, 0.25) is 0 Å². The summed E-state index contributed by atoms with van der Waals surface area (Å²) in [6, 6.07) is 13.1. The van der Waals surface area contributed by atoms with Crippen molar-refractivity contribution in [1.29, 1.82) is 0 Å². The van der Waals surface area contributed by atoms with Crippen molar-refractivity contribution in [1.82, 2.24) is 15.0 Å². The van der Waals surface area contributed by atoms with Crippen LogP contribution in [-0.4, -0.2) is 28.0 Å². The third-order valence-corrected chi connectivity index (χ3v) is 5.36. The first-order chi connectivity index (χ1) is 13.7. The Hall–Kier alpha value is -2.95. The average molecular weight is 374 g/mol. The molecule has 0 amide bonds. The van der Waals surface area contributed by atoms with Gasteiger partial charge >= 0.3 is 0 Å². The van der Waals surface area contributed by atoms with E-state index in [-0.39, 0.29) is 0 Å². The number of hydrogen-bond acceptors (Lipinski definition) is 5. The third-order valence-electron chi connectivity index (χ3n) is 5.36. The summed E-state index contributed by atoms with van der Waals surface area (Å²) in [5.41, 5.74) is 6.24. The molecule has 0 bridgehead atoms. The van der Waals surface area contributed by atoms with Gasteiger partial charge in [-0.3, -0.25) is 0 Å². The van der Waals surface area contributed by atoms with Gasteiger partial charge in [-0.1, -0.05) is 37.3 Å².